The number of likely N-dealkylation sites (tertiary alicyclic amines) is 1. The van der Waals surface area contributed by atoms with Crippen LogP contribution in [0.5, 0.6) is 0 Å². The summed E-state index contributed by atoms with van der Waals surface area (Å²) in [5.41, 5.74) is 4.37. The number of hydrogen-bond acceptors (Lipinski definition) is 1. The van der Waals surface area contributed by atoms with E-state index in [4.69, 9.17) is 0 Å². The Hall–Kier alpha value is -0.800. The van der Waals surface area contributed by atoms with E-state index in [9.17, 15) is 0 Å². The number of aromatic nitrogens is 1. The summed E-state index contributed by atoms with van der Waals surface area (Å²) < 4.78 is 1.19. The molecule has 19 heavy (non-hydrogen) atoms. The second kappa shape index (κ2) is 4.64. The summed E-state index contributed by atoms with van der Waals surface area (Å²) in [6.07, 6.45) is 6.62. The number of halogens is 1. The third kappa shape index (κ3) is 1.95. The highest BCUT2D eigenvalue weighted by atomic mass is 79.9. The summed E-state index contributed by atoms with van der Waals surface area (Å²) in [5.74, 6) is 0. The van der Waals surface area contributed by atoms with E-state index in [1.165, 1.54) is 66.3 Å². The molecule has 1 unspecified atom stereocenters. The number of hydrogen-bond donors (Lipinski definition) is 1. The summed E-state index contributed by atoms with van der Waals surface area (Å²) >= 11 is 3.60. The van der Waals surface area contributed by atoms with Gasteiger partial charge in [0.05, 0.1) is 6.04 Å². The average Bonchev–Trinajstić information content (AvgIpc) is 3.05. The molecule has 0 bridgehead atoms. The minimum Gasteiger partial charge on any atom is -0.357 e. The largest absolute Gasteiger partial charge is 0.357 e. The topological polar surface area (TPSA) is 19.0 Å². The van der Waals surface area contributed by atoms with Gasteiger partial charge in [0, 0.05) is 21.1 Å². The molecule has 1 atom stereocenters. The molecule has 1 aromatic heterocycles. The Morgan fingerprint density at radius 1 is 1.16 bits per heavy atom. The Morgan fingerprint density at radius 3 is 2.84 bits per heavy atom. The normalized spacial score (nSPS) is 23.9. The number of aromatic amines is 1. The summed E-state index contributed by atoms with van der Waals surface area (Å²) in [5, 5.41) is 1.42. The molecule has 1 aromatic carbocycles. The number of benzene rings is 1. The predicted molar refractivity (Wildman–Crippen MR) is 82.5 cm³/mol. The van der Waals surface area contributed by atoms with Crippen LogP contribution in [0.1, 0.15) is 43.0 Å². The van der Waals surface area contributed by atoms with E-state index in [-0.39, 0.29) is 0 Å². The Morgan fingerprint density at radius 2 is 2.00 bits per heavy atom. The summed E-state index contributed by atoms with van der Waals surface area (Å²) in [6.45, 7) is 2.56. The molecule has 0 spiro atoms. The first kappa shape index (κ1) is 12.0. The minimum absolute atomic E-state index is 0.637. The van der Waals surface area contributed by atoms with Gasteiger partial charge < -0.3 is 4.98 Å². The second-order valence-corrected chi connectivity index (χ2v) is 6.77. The van der Waals surface area contributed by atoms with E-state index < -0.39 is 0 Å². The Kier molecular flexibility index (Phi) is 2.92. The average molecular weight is 319 g/mol. The van der Waals surface area contributed by atoms with E-state index in [1.54, 1.807) is 5.56 Å². The van der Waals surface area contributed by atoms with Crippen LogP contribution < -0.4 is 0 Å². The van der Waals surface area contributed by atoms with Gasteiger partial charge in [-0.05, 0) is 69.0 Å². The molecule has 2 nitrogen and oxygen atoms in total. The first-order chi connectivity index (χ1) is 9.33. The summed E-state index contributed by atoms with van der Waals surface area (Å²) in [7, 11) is 0. The quantitative estimate of drug-likeness (QED) is 0.825. The van der Waals surface area contributed by atoms with Gasteiger partial charge in [0.2, 0.25) is 0 Å². The molecule has 0 saturated carbocycles. The molecular formula is C16H19BrN2. The van der Waals surface area contributed by atoms with Gasteiger partial charge >= 0.3 is 0 Å². The molecule has 3 heteroatoms. The monoisotopic (exact) mass is 318 g/mol. The van der Waals surface area contributed by atoms with Crippen molar-refractivity contribution in [2.45, 2.75) is 38.1 Å². The van der Waals surface area contributed by atoms with Crippen molar-refractivity contribution in [1.82, 2.24) is 9.88 Å². The molecule has 0 amide bonds. The molecule has 1 aliphatic heterocycles. The molecule has 1 fully saturated rings. The van der Waals surface area contributed by atoms with Gasteiger partial charge in [-0.15, -0.1) is 0 Å². The number of rotatable bonds is 1. The lowest BCUT2D eigenvalue weighted by Gasteiger charge is -2.31. The minimum atomic E-state index is 0.637. The van der Waals surface area contributed by atoms with Crippen LogP contribution in [0.3, 0.4) is 0 Å². The van der Waals surface area contributed by atoms with E-state index in [1.807, 2.05) is 0 Å². The fraction of sp³-hybridized carbons (Fsp3) is 0.500. The Labute approximate surface area is 122 Å². The zero-order valence-corrected chi connectivity index (χ0v) is 12.7. The standard InChI is InChI=1S/C16H19BrN2/c17-11-6-7-14-13(10-11)12-4-3-5-15(16(12)18-14)19-8-1-2-9-19/h6-7,10,15,18H,1-5,8-9H2. The second-order valence-electron chi connectivity index (χ2n) is 5.86. The number of fused-ring (bicyclic) bond motifs is 3. The van der Waals surface area contributed by atoms with Crippen molar-refractivity contribution >= 4 is 26.8 Å². The van der Waals surface area contributed by atoms with E-state index >= 15 is 0 Å². The highest BCUT2D eigenvalue weighted by Gasteiger charge is 2.30. The SMILES string of the molecule is Brc1ccc2[nH]c3c(c2c1)CCCC3N1CCCC1. The third-order valence-electron chi connectivity index (χ3n) is 4.72. The van der Waals surface area contributed by atoms with Crippen LogP contribution in [0.2, 0.25) is 0 Å². The maximum Gasteiger partial charge on any atom is 0.0501 e. The maximum absolute atomic E-state index is 3.71. The van der Waals surface area contributed by atoms with Crippen LogP contribution in [0.15, 0.2) is 22.7 Å². The molecule has 2 heterocycles. The van der Waals surface area contributed by atoms with E-state index in [2.05, 4.69) is 44.0 Å². The lowest BCUT2D eigenvalue weighted by Crippen LogP contribution is -2.28. The van der Waals surface area contributed by atoms with Gasteiger partial charge in [0.25, 0.3) is 0 Å². The van der Waals surface area contributed by atoms with Crippen LogP contribution >= 0.6 is 15.9 Å². The van der Waals surface area contributed by atoms with Crippen molar-refractivity contribution in [3.63, 3.8) is 0 Å². The molecule has 2 aromatic rings. The van der Waals surface area contributed by atoms with E-state index in [0.29, 0.717) is 6.04 Å². The van der Waals surface area contributed by atoms with Crippen LogP contribution in [0, 0.1) is 0 Å². The van der Waals surface area contributed by atoms with Crippen LogP contribution in [0.4, 0.5) is 0 Å². The fourth-order valence-corrected chi connectivity index (χ4v) is 4.19. The highest BCUT2D eigenvalue weighted by Crippen LogP contribution is 2.39. The van der Waals surface area contributed by atoms with Crippen molar-refractivity contribution < 1.29 is 0 Å². The molecule has 1 saturated heterocycles. The summed E-state index contributed by atoms with van der Waals surface area (Å²) in [6, 6.07) is 7.25. The number of nitrogens with one attached hydrogen (secondary N) is 1. The van der Waals surface area contributed by atoms with Crippen LogP contribution in [-0.2, 0) is 6.42 Å². The molecule has 0 radical (unpaired) electrons. The zero-order chi connectivity index (χ0) is 12.8. The lowest BCUT2D eigenvalue weighted by atomic mass is 9.91. The molecule has 1 aliphatic carbocycles. The molecule has 4 rings (SSSR count). The van der Waals surface area contributed by atoms with Gasteiger partial charge in [0.15, 0.2) is 0 Å². The van der Waals surface area contributed by atoms with Gasteiger partial charge in [-0.25, -0.2) is 0 Å². The number of nitrogens with zero attached hydrogens (tertiary/aromatic N) is 1. The Bertz CT molecular complexity index is 610. The first-order valence-electron chi connectivity index (χ1n) is 7.37. The zero-order valence-electron chi connectivity index (χ0n) is 11.1. The van der Waals surface area contributed by atoms with Crippen LogP contribution in [0.25, 0.3) is 10.9 Å². The van der Waals surface area contributed by atoms with Gasteiger partial charge in [0.1, 0.15) is 0 Å². The van der Waals surface area contributed by atoms with Crippen molar-refractivity contribution in [1.29, 1.82) is 0 Å². The summed E-state index contributed by atoms with van der Waals surface area (Å²) in [4.78, 5) is 6.39. The van der Waals surface area contributed by atoms with Crippen molar-refractivity contribution in [3.05, 3.63) is 33.9 Å². The van der Waals surface area contributed by atoms with E-state index in [0.717, 1.165) is 0 Å². The first-order valence-corrected chi connectivity index (χ1v) is 8.16. The van der Waals surface area contributed by atoms with Gasteiger partial charge in [-0.2, -0.15) is 0 Å². The highest BCUT2D eigenvalue weighted by molar-refractivity contribution is 9.10. The molecule has 100 valence electrons. The molecular weight excluding hydrogens is 300 g/mol. The lowest BCUT2D eigenvalue weighted by molar-refractivity contribution is 0.218. The predicted octanol–water partition coefficient (Wildman–Crippen LogP) is 4.40. The molecule has 1 N–H and O–H groups in total. The van der Waals surface area contributed by atoms with Gasteiger partial charge in [-0.1, -0.05) is 15.9 Å². The van der Waals surface area contributed by atoms with Crippen LogP contribution in [-0.4, -0.2) is 23.0 Å². The number of aryl methyl sites for hydroxylation is 1. The molecule has 2 aliphatic rings. The Balaban J connectivity index is 1.83. The van der Waals surface area contributed by atoms with Crippen molar-refractivity contribution in [3.8, 4) is 0 Å². The number of H-pyrrole nitrogens is 1. The smallest absolute Gasteiger partial charge is 0.0501 e. The van der Waals surface area contributed by atoms with Crippen molar-refractivity contribution in [2.75, 3.05) is 13.1 Å². The van der Waals surface area contributed by atoms with Gasteiger partial charge in [-0.3, -0.25) is 4.90 Å². The maximum atomic E-state index is 3.71. The third-order valence-corrected chi connectivity index (χ3v) is 5.21. The van der Waals surface area contributed by atoms with Crippen molar-refractivity contribution in [2.24, 2.45) is 0 Å². The fourth-order valence-electron chi connectivity index (χ4n) is 3.83.